The van der Waals surface area contributed by atoms with Crippen molar-refractivity contribution in [2.45, 2.75) is 20.2 Å². The Bertz CT molecular complexity index is 697. The van der Waals surface area contributed by atoms with E-state index in [0.717, 1.165) is 0 Å². The summed E-state index contributed by atoms with van der Waals surface area (Å²) < 4.78 is 11.2. The third-order valence-corrected chi connectivity index (χ3v) is 3.41. The van der Waals surface area contributed by atoms with E-state index in [1.54, 1.807) is 18.2 Å². The second kappa shape index (κ2) is 5.62. The summed E-state index contributed by atoms with van der Waals surface area (Å²) in [6.45, 7) is 4.60. The summed E-state index contributed by atoms with van der Waals surface area (Å²) in [5, 5.41) is 12.2. The molecule has 0 aromatic heterocycles. The number of carbonyl (C=O) groups excluding carboxylic acids is 1. The van der Waals surface area contributed by atoms with Crippen molar-refractivity contribution in [3.8, 4) is 11.5 Å². The van der Waals surface area contributed by atoms with Gasteiger partial charge in [-0.15, -0.1) is 0 Å². The lowest BCUT2D eigenvalue weighted by Gasteiger charge is -2.24. The molecule has 3 rings (SSSR count). The molecular formula is C15H15ClN2O4. The smallest absolute Gasteiger partial charge is 0.260 e. The first-order valence-corrected chi connectivity index (χ1v) is 7.25. The van der Waals surface area contributed by atoms with Crippen LogP contribution < -0.4 is 14.8 Å². The van der Waals surface area contributed by atoms with Gasteiger partial charge in [0.1, 0.15) is 17.1 Å². The Morgan fingerprint density at radius 1 is 1.50 bits per heavy atom. The topological polar surface area (TPSA) is 80.2 Å². The maximum Gasteiger partial charge on any atom is 0.260 e. The van der Waals surface area contributed by atoms with E-state index in [0.29, 0.717) is 34.6 Å². The summed E-state index contributed by atoms with van der Waals surface area (Å²) in [4.78, 5) is 15.7. The summed E-state index contributed by atoms with van der Waals surface area (Å²) in [6, 6.07) is 3.34. The largest absolute Gasteiger partial charge is 0.492 e. The first-order chi connectivity index (χ1) is 10.4. The van der Waals surface area contributed by atoms with Crippen LogP contribution in [0.5, 0.6) is 11.5 Å². The summed E-state index contributed by atoms with van der Waals surface area (Å²) >= 11 is 6.20. The van der Waals surface area contributed by atoms with Crippen molar-refractivity contribution in [1.82, 2.24) is 5.32 Å². The summed E-state index contributed by atoms with van der Waals surface area (Å²) in [5.74, 6) is 0.987. The number of halogens is 1. The predicted octanol–water partition coefficient (Wildman–Crippen LogP) is 1.95. The molecule has 2 aliphatic rings. The zero-order valence-electron chi connectivity index (χ0n) is 12.1. The highest BCUT2D eigenvalue weighted by molar-refractivity contribution is 6.32. The van der Waals surface area contributed by atoms with Gasteiger partial charge >= 0.3 is 0 Å². The van der Waals surface area contributed by atoms with Gasteiger partial charge in [-0.2, -0.15) is 4.99 Å². The lowest BCUT2D eigenvalue weighted by Crippen LogP contribution is -2.43. The number of aliphatic imine (C=N–C) groups is 1. The van der Waals surface area contributed by atoms with Crippen LogP contribution in [0, 0.1) is 5.92 Å². The molecule has 0 saturated carbocycles. The van der Waals surface area contributed by atoms with E-state index in [-0.39, 0.29) is 11.5 Å². The van der Waals surface area contributed by atoms with Gasteiger partial charge in [0, 0.05) is 11.6 Å². The second-order valence-corrected chi connectivity index (χ2v) is 5.87. The van der Waals surface area contributed by atoms with Crippen LogP contribution in [0.2, 0.25) is 5.02 Å². The van der Waals surface area contributed by atoms with Crippen LogP contribution in [0.15, 0.2) is 22.7 Å². The molecule has 7 heteroatoms. The lowest BCUT2D eigenvalue weighted by molar-refractivity contribution is -0.120. The van der Waals surface area contributed by atoms with Gasteiger partial charge in [-0.1, -0.05) is 25.4 Å². The molecule has 2 N–H and O–H groups in total. The van der Waals surface area contributed by atoms with Crippen LogP contribution in [0.4, 0.5) is 0 Å². The number of benzene rings is 1. The van der Waals surface area contributed by atoms with Crippen molar-refractivity contribution in [3.05, 3.63) is 28.3 Å². The lowest BCUT2D eigenvalue weighted by atomic mass is 10.0. The molecule has 0 aliphatic carbocycles. The Kier molecular flexibility index (Phi) is 3.80. The molecule has 0 fully saturated rings. The Hall–Kier alpha value is -2.05. The molecule has 0 radical (unpaired) electrons. The van der Waals surface area contributed by atoms with Gasteiger partial charge in [0.15, 0.2) is 0 Å². The highest BCUT2D eigenvalue weighted by Gasteiger charge is 2.30. The molecule has 1 unspecified atom stereocenters. The van der Waals surface area contributed by atoms with Crippen molar-refractivity contribution in [2.24, 2.45) is 10.9 Å². The summed E-state index contributed by atoms with van der Waals surface area (Å²) in [7, 11) is 0. The third kappa shape index (κ3) is 2.80. The number of aliphatic hydroxyl groups excluding tert-OH is 1. The van der Waals surface area contributed by atoms with Crippen LogP contribution in [0.3, 0.4) is 0 Å². The fourth-order valence-corrected chi connectivity index (χ4v) is 2.32. The molecule has 1 atom stereocenters. The van der Waals surface area contributed by atoms with E-state index in [1.165, 1.54) is 0 Å². The fraction of sp³-hybridized carbons (Fsp3) is 0.333. The third-order valence-electron chi connectivity index (χ3n) is 3.12. The maximum absolute atomic E-state index is 11.8. The highest BCUT2D eigenvalue weighted by atomic mass is 35.5. The number of aliphatic hydroxyl groups is 1. The van der Waals surface area contributed by atoms with Gasteiger partial charge in [-0.3, -0.25) is 4.79 Å². The quantitative estimate of drug-likeness (QED) is 0.891. The summed E-state index contributed by atoms with van der Waals surface area (Å²) in [6.07, 6.45) is 0.321. The highest BCUT2D eigenvalue weighted by Crippen LogP contribution is 2.37. The number of amides is 1. The number of nitrogens with zero attached hydrogens (tertiary/aromatic N) is 1. The SMILES string of the molecule is CC(C)COc1cc2c(cc1Cl)C=C1C(=O)NC(O)N=C1O2. The maximum atomic E-state index is 11.8. The van der Waals surface area contributed by atoms with E-state index in [4.69, 9.17) is 21.1 Å². The minimum atomic E-state index is -1.30. The standard InChI is InChI=1S/C15H15ClN2O4/c1-7(2)6-21-12-5-11-8(4-10(12)16)3-9-13(19)17-15(20)18-14(9)22-11/h3-5,7,15,20H,6H2,1-2H3,(H,17,19). The van der Waals surface area contributed by atoms with Gasteiger partial charge < -0.3 is 19.9 Å². The Morgan fingerprint density at radius 3 is 3.00 bits per heavy atom. The van der Waals surface area contributed by atoms with E-state index >= 15 is 0 Å². The number of carbonyl (C=O) groups is 1. The molecule has 1 aromatic carbocycles. The number of hydrogen-bond acceptors (Lipinski definition) is 5. The molecule has 1 amide bonds. The number of ether oxygens (including phenoxy) is 2. The zero-order valence-corrected chi connectivity index (χ0v) is 12.8. The molecule has 6 nitrogen and oxygen atoms in total. The molecule has 22 heavy (non-hydrogen) atoms. The average Bonchev–Trinajstić information content (AvgIpc) is 2.43. The van der Waals surface area contributed by atoms with Gasteiger partial charge in [-0.25, -0.2) is 0 Å². The predicted molar refractivity (Wildman–Crippen MR) is 82.0 cm³/mol. The van der Waals surface area contributed by atoms with E-state index in [1.807, 2.05) is 13.8 Å². The summed E-state index contributed by atoms with van der Waals surface area (Å²) in [5.41, 5.74) is 0.909. The van der Waals surface area contributed by atoms with E-state index < -0.39 is 12.3 Å². The molecule has 2 heterocycles. The van der Waals surface area contributed by atoms with Gasteiger partial charge in [0.25, 0.3) is 5.91 Å². The molecule has 0 saturated heterocycles. The van der Waals surface area contributed by atoms with Crippen molar-refractivity contribution < 1.29 is 19.4 Å². The molecule has 2 aliphatic heterocycles. The van der Waals surface area contributed by atoms with E-state index in [2.05, 4.69) is 10.3 Å². The van der Waals surface area contributed by atoms with Crippen molar-refractivity contribution in [1.29, 1.82) is 0 Å². The normalized spacial score (nSPS) is 19.5. The number of hydrogen-bond donors (Lipinski definition) is 2. The minimum Gasteiger partial charge on any atom is -0.492 e. The van der Waals surface area contributed by atoms with Crippen LogP contribution in [-0.2, 0) is 4.79 Å². The van der Waals surface area contributed by atoms with Crippen LogP contribution in [0.1, 0.15) is 19.4 Å². The molecule has 116 valence electrons. The number of fused-ring (bicyclic) bond motifs is 2. The molecular weight excluding hydrogens is 308 g/mol. The van der Waals surface area contributed by atoms with Crippen molar-refractivity contribution in [3.63, 3.8) is 0 Å². The van der Waals surface area contributed by atoms with Gasteiger partial charge in [-0.05, 0) is 18.1 Å². The Morgan fingerprint density at radius 2 is 2.27 bits per heavy atom. The van der Waals surface area contributed by atoms with E-state index in [9.17, 15) is 9.90 Å². The monoisotopic (exact) mass is 322 g/mol. The molecule has 1 aromatic rings. The Balaban J connectivity index is 1.97. The number of nitrogens with one attached hydrogen (secondary N) is 1. The first kappa shape index (κ1) is 14.9. The Labute approximate surface area is 132 Å². The van der Waals surface area contributed by atoms with Gasteiger partial charge in [0.2, 0.25) is 12.2 Å². The zero-order chi connectivity index (χ0) is 15.9. The van der Waals surface area contributed by atoms with Crippen LogP contribution in [0.25, 0.3) is 6.08 Å². The number of rotatable bonds is 3. The van der Waals surface area contributed by atoms with Crippen molar-refractivity contribution in [2.75, 3.05) is 6.61 Å². The van der Waals surface area contributed by atoms with Gasteiger partial charge in [0.05, 0.1) is 11.6 Å². The first-order valence-electron chi connectivity index (χ1n) is 6.87. The second-order valence-electron chi connectivity index (χ2n) is 5.47. The van der Waals surface area contributed by atoms with Crippen LogP contribution >= 0.6 is 11.6 Å². The molecule has 0 spiro atoms. The fourth-order valence-electron chi connectivity index (χ4n) is 2.09. The molecule has 0 bridgehead atoms. The van der Waals surface area contributed by atoms with Crippen molar-refractivity contribution >= 4 is 29.5 Å². The van der Waals surface area contributed by atoms with Crippen LogP contribution in [-0.4, -0.2) is 29.9 Å². The minimum absolute atomic E-state index is 0.0842. The average molecular weight is 323 g/mol.